The average Bonchev–Trinajstić information content (AvgIpc) is 2.64. The molecule has 3 aromatic rings. The predicted molar refractivity (Wildman–Crippen MR) is 103 cm³/mol. The molecule has 0 atom stereocenters. The van der Waals surface area contributed by atoms with E-state index in [0.717, 1.165) is 22.7 Å². The van der Waals surface area contributed by atoms with E-state index in [4.69, 9.17) is 9.47 Å². The van der Waals surface area contributed by atoms with Gasteiger partial charge in [0.05, 0.1) is 6.61 Å². The monoisotopic (exact) mass is 347 g/mol. The van der Waals surface area contributed by atoms with Crippen molar-refractivity contribution in [2.24, 2.45) is 0 Å². The number of aryl methyl sites for hydroxylation is 1. The third-order valence-electron chi connectivity index (χ3n) is 3.76. The van der Waals surface area contributed by atoms with Crippen LogP contribution in [0.25, 0.3) is 0 Å². The van der Waals surface area contributed by atoms with E-state index in [1.54, 1.807) is 24.3 Å². The average molecular weight is 347 g/mol. The number of hydrogen-bond donors (Lipinski definition) is 1. The SMILES string of the molecule is CCOc1ccc(NC(=O)c2ccc(Oc3cccc(C)c3)cc2)cc1. The second-order valence-electron chi connectivity index (χ2n) is 5.85. The normalized spacial score (nSPS) is 10.2. The molecule has 0 spiro atoms. The van der Waals surface area contributed by atoms with Crippen molar-refractivity contribution in [2.45, 2.75) is 13.8 Å². The second kappa shape index (κ2) is 8.21. The van der Waals surface area contributed by atoms with E-state index in [1.165, 1.54) is 0 Å². The van der Waals surface area contributed by atoms with E-state index in [0.29, 0.717) is 17.9 Å². The molecule has 0 aliphatic heterocycles. The highest BCUT2D eigenvalue weighted by atomic mass is 16.5. The maximum atomic E-state index is 12.4. The fourth-order valence-electron chi connectivity index (χ4n) is 2.49. The highest BCUT2D eigenvalue weighted by molar-refractivity contribution is 6.04. The molecule has 0 radical (unpaired) electrons. The minimum atomic E-state index is -0.170. The van der Waals surface area contributed by atoms with E-state index < -0.39 is 0 Å². The molecule has 0 aliphatic carbocycles. The molecule has 0 fully saturated rings. The van der Waals surface area contributed by atoms with Crippen LogP contribution < -0.4 is 14.8 Å². The lowest BCUT2D eigenvalue weighted by molar-refractivity contribution is 0.102. The van der Waals surface area contributed by atoms with E-state index in [9.17, 15) is 4.79 Å². The van der Waals surface area contributed by atoms with Crippen LogP contribution in [0.5, 0.6) is 17.2 Å². The standard InChI is InChI=1S/C22H21NO3/c1-3-25-19-13-9-18(10-14-19)23-22(24)17-7-11-20(12-8-17)26-21-6-4-5-16(2)15-21/h4-15H,3H2,1-2H3,(H,23,24). The van der Waals surface area contributed by atoms with Crippen molar-refractivity contribution < 1.29 is 14.3 Å². The van der Waals surface area contributed by atoms with E-state index in [1.807, 2.05) is 62.4 Å². The van der Waals surface area contributed by atoms with Gasteiger partial charge in [-0.1, -0.05) is 12.1 Å². The number of hydrogen-bond acceptors (Lipinski definition) is 3. The first-order valence-electron chi connectivity index (χ1n) is 8.53. The van der Waals surface area contributed by atoms with Crippen LogP contribution in [0.1, 0.15) is 22.8 Å². The fraction of sp³-hybridized carbons (Fsp3) is 0.136. The van der Waals surface area contributed by atoms with Gasteiger partial charge in [-0.05, 0) is 80.1 Å². The van der Waals surface area contributed by atoms with Crippen LogP contribution in [0, 0.1) is 6.92 Å². The molecule has 0 saturated heterocycles. The van der Waals surface area contributed by atoms with Crippen molar-refractivity contribution in [3.8, 4) is 17.2 Å². The number of carbonyl (C=O) groups is 1. The lowest BCUT2D eigenvalue weighted by atomic mass is 10.2. The molecule has 4 heteroatoms. The molecule has 3 rings (SSSR count). The number of benzene rings is 3. The zero-order valence-corrected chi connectivity index (χ0v) is 14.9. The number of nitrogens with one attached hydrogen (secondary N) is 1. The van der Waals surface area contributed by atoms with Gasteiger partial charge in [-0.15, -0.1) is 0 Å². The lowest BCUT2D eigenvalue weighted by Gasteiger charge is -2.09. The minimum Gasteiger partial charge on any atom is -0.494 e. The molecule has 0 aliphatic rings. The summed E-state index contributed by atoms with van der Waals surface area (Å²) in [4.78, 5) is 12.4. The Hall–Kier alpha value is -3.27. The Bertz CT molecular complexity index is 871. The summed E-state index contributed by atoms with van der Waals surface area (Å²) >= 11 is 0. The summed E-state index contributed by atoms with van der Waals surface area (Å²) in [7, 11) is 0. The Morgan fingerprint density at radius 3 is 2.23 bits per heavy atom. The van der Waals surface area contributed by atoms with Crippen LogP contribution in [0.2, 0.25) is 0 Å². The van der Waals surface area contributed by atoms with Crippen LogP contribution in [0.3, 0.4) is 0 Å². The summed E-state index contributed by atoms with van der Waals surface area (Å²) in [6.45, 7) is 4.56. The predicted octanol–water partition coefficient (Wildman–Crippen LogP) is 5.44. The Labute approximate surface area is 153 Å². The van der Waals surface area contributed by atoms with Crippen molar-refractivity contribution in [3.63, 3.8) is 0 Å². The quantitative estimate of drug-likeness (QED) is 0.646. The topological polar surface area (TPSA) is 47.6 Å². The van der Waals surface area contributed by atoms with Gasteiger partial charge >= 0.3 is 0 Å². The Kier molecular flexibility index (Phi) is 5.54. The summed E-state index contributed by atoms with van der Waals surface area (Å²) < 4.78 is 11.2. The minimum absolute atomic E-state index is 0.170. The van der Waals surface area contributed by atoms with Crippen LogP contribution in [0.4, 0.5) is 5.69 Å². The smallest absolute Gasteiger partial charge is 0.255 e. The molecule has 3 aromatic carbocycles. The molecule has 26 heavy (non-hydrogen) atoms. The third kappa shape index (κ3) is 4.63. The van der Waals surface area contributed by atoms with Gasteiger partial charge in [0.2, 0.25) is 0 Å². The van der Waals surface area contributed by atoms with E-state index in [-0.39, 0.29) is 5.91 Å². The van der Waals surface area contributed by atoms with Gasteiger partial charge in [0, 0.05) is 11.3 Å². The zero-order chi connectivity index (χ0) is 18.4. The zero-order valence-electron chi connectivity index (χ0n) is 14.9. The molecule has 4 nitrogen and oxygen atoms in total. The highest BCUT2D eigenvalue weighted by Crippen LogP contribution is 2.23. The largest absolute Gasteiger partial charge is 0.494 e. The molecular weight excluding hydrogens is 326 g/mol. The van der Waals surface area contributed by atoms with Gasteiger partial charge in [-0.3, -0.25) is 4.79 Å². The summed E-state index contributed by atoms with van der Waals surface area (Å²) in [5, 5.41) is 2.87. The highest BCUT2D eigenvalue weighted by Gasteiger charge is 2.07. The summed E-state index contributed by atoms with van der Waals surface area (Å²) in [6.07, 6.45) is 0. The van der Waals surface area contributed by atoms with Crippen molar-refractivity contribution in [1.29, 1.82) is 0 Å². The van der Waals surface area contributed by atoms with Crippen LogP contribution >= 0.6 is 0 Å². The van der Waals surface area contributed by atoms with Crippen molar-refractivity contribution >= 4 is 11.6 Å². The Morgan fingerprint density at radius 2 is 1.58 bits per heavy atom. The molecule has 0 heterocycles. The molecule has 0 saturated carbocycles. The van der Waals surface area contributed by atoms with Gasteiger partial charge < -0.3 is 14.8 Å². The van der Waals surface area contributed by atoms with Gasteiger partial charge in [0.1, 0.15) is 17.2 Å². The summed E-state index contributed by atoms with van der Waals surface area (Å²) in [5.74, 6) is 2.07. The first-order chi connectivity index (χ1) is 12.6. The Morgan fingerprint density at radius 1 is 0.885 bits per heavy atom. The number of rotatable bonds is 6. The molecule has 0 unspecified atom stereocenters. The summed E-state index contributed by atoms with van der Waals surface area (Å²) in [6, 6.07) is 22.2. The second-order valence-corrected chi connectivity index (χ2v) is 5.85. The number of carbonyl (C=O) groups excluding carboxylic acids is 1. The van der Waals surface area contributed by atoms with Crippen molar-refractivity contribution in [1.82, 2.24) is 0 Å². The van der Waals surface area contributed by atoms with Crippen LogP contribution in [-0.4, -0.2) is 12.5 Å². The van der Waals surface area contributed by atoms with Crippen LogP contribution in [0.15, 0.2) is 72.8 Å². The third-order valence-corrected chi connectivity index (χ3v) is 3.76. The van der Waals surface area contributed by atoms with E-state index in [2.05, 4.69) is 5.32 Å². The van der Waals surface area contributed by atoms with Gasteiger partial charge in [-0.2, -0.15) is 0 Å². The number of anilines is 1. The van der Waals surface area contributed by atoms with Crippen molar-refractivity contribution in [3.05, 3.63) is 83.9 Å². The van der Waals surface area contributed by atoms with Gasteiger partial charge in [0.25, 0.3) is 5.91 Å². The lowest BCUT2D eigenvalue weighted by Crippen LogP contribution is -2.11. The molecule has 0 aromatic heterocycles. The van der Waals surface area contributed by atoms with Gasteiger partial charge in [-0.25, -0.2) is 0 Å². The number of ether oxygens (including phenoxy) is 2. The van der Waals surface area contributed by atoms with E-state index >= 15 is 0 Å². The fourth-order valence-corrected chi connectivity index (χ4v) is 2.49. The van der Waals surface area contributed by atoms with Crippen molar-refractivity contribution in [2.75, 3.05) is 11.9 Å². The molecular formula is C22H21NO3. The molecule has 1 amide bonds. The number of amides is 1. The summed E-state index contributed by atoms with van der Waals surface area (Å²) in [5.41, 5.74) is 2.42. The first-order valence-corrected chi connectivity index (χ1v) is 8.53. The maximum Gasteiger partial charge on any atom is 0.255 e. The van der Waals surface area contributed by atoms with Gasteiger partial charge in [0.15, 0.2) is 0 Å². The molecule has 0 bridgehead atoms. The maximum absolute atomic E-state index is 12.4. The molecule has 1 N–H and O–H groups in total. The molecule has 132 valence electrons. The van der Waals surface area contributed by atoms with Crippen LogP contribution in [-0.2, 0) is 0 Å². The first kappa shape index (κ1) is 17.5. The Balaban J connectivity index is 1.63.